The van der Waals surface area contributed by atoms with Crippen molar-refractivity contribution in [3.8, 4) is 51.4 Å². The summed E-state index contributed by atoms with van der Waals surface area (Å²) in [6, 6.07) is 61.7. The fourth-order valence-electron chi connectivity index (χ4n) is 10.3. The fourth-order valence-corrected chi connectivity index (χ4v) is 12.5. The first-order valence-electron chi connectivity index (χ1n) is 27.2. The van der Waals surface area contributed by atoms with E-state index >= 15 is 0 Å². The highest BCUT2D eigenvalue weighted by Gasteiger charge is 2.39. The molecule has 0 bridgehead atoms. The molecule has 0 heterocycles. The van der Waals surface area contributed by atoms with Crippen LogP contribution in [0.5, 0.6) is 40.2 Å². The van der Waals surface area contributed by atoms with Gasteiger partial charge < -0.3 is 31.9 Å². The van der Waals surface area contributed by atoms with E-state index in [-0.39, 0.29) is 5.41 Å². The van der Waals surface area contributed by atoms with E-state index in [4.69, 9.17) is 31.9 Å². The third kappa shape index (κ3) is 11.9. The predicted molar refractivity (Wildman–Crippen MR) is 331 cm³/mol. The Balaban J connectivity index is 1.28. The van der Waals surface area contributed by atoms with Crippen LogP contribution in [-0.2, 0) is 16.2 Å². The number of fused-ring (bicyclic) bond motifs is 4. The smallest absolute Gasteiger partial charge is 0.488 e. The minimum Gasteiger partial charge on any atom is -0.488 e. The van der Waals surface area contributed by atoms with E-state index < -0.39 is 33.6 Å². The molecule has 0 aliphatic rings. The quantitative estimate of drug-likeness (QED) is 0.101. The Kier molecular flexibility index (Phi) is 15.1. The van der Waals surface area contributed by atoms with Crippen LogP contribution < -0.4 is 31.9 Å². The van der Waals surface area contributed by atoms with Gasteiger partial charge in [-0.05, 0) is 114 Å². The molecule has 10 rings (SSSR count). The Hall–Kier alpha value is -7.30. The van der Waals surface area contributed by atoms with Crippen molar-refractivity contribution < 1.29 is 31.9 Å². The second-order valence-corrected chi connectivity index (χ2v) is 26.4. The first-order valence-corrected chi connectivity index (χ1v) is 29.4. The van der Waals surface area contributed by atoms with Crippen molar-refractivity contribution in [3.63, 3.8) is 0 Å². The molecule has 0 unspecified atom stereocenters. The summed E-state index contributed by atoms with van der Waals surface area (Å²) in [6.07, 6.45) is 0. The minimum atomic E-state index is -2.28. The Morgan fingerprint density at radius 3 is 0.899 bits per heavy atom. The van der Waals surface area contributed by atoms with Crippen LogP contribution in [0.4, 0.5) is 0 Å². The van der Waals surface area contributed by atoms with Gasteiger partial charge in [0.25, 0.3) is 0 Å². The van der Waals surface area contributed by atoms with Gasteiger partial charge in [-0.1, -0.05) is 214 Å². The molecule has 7 nitrogen and oxygen atoms in total. The Bertz CT molecular complexity index is 3690. The zero-order chi connectivity index (χ0) is 56.0. The lowest BCUT2D eigenvalue weighted by atomic mass is 9.74. The van der Waals surface area contributed by atoms with Gasteiger partial charge in [0.2, 0.25) is 0 Å². The molecule has 10 aromatic rings. The van der Waals surface area contributed by atoms with Crippen LogP contribution in [0, 0.1) is 13.8 Å². The first-order chi connectivity index (χ1) is 37.5. The summed E-state index contributed by atoms with van der Waals surface area (Å²) in [4.78, 5) is 0. The molecule has 0 saturated carbocycles. The van der Waals surface area contributed by atoms with E-state index in [1.165, 1.54) is 0 Å². The third-order valence-electron chi connectivity index (χ3n) is 14.1. The Labute approximate surface area is 469 Å². The van der Waals surface area contributed by atoms with Crippen molar-refractivity contribution >= 4 is 60.3 Å². The molecule has 0 atom stereocenters. The molecule has 0 saturated heterocycles. The summed E-state index contributed by atoms with van der Waals surface area (Å²) in [5, 5.41) is 7.91. The van der Waals surface area contributed by atoms with E-state index in [0.29, 0.717) is 34.5 Å². The second-order valence-electron chi connectivity index (χ2n) is 24.4. The maximum Gasteiger partial charge on any atom is 0.530 e. The molecule has 10 aromatic carbocycles. The summed E-state index contributed by atoms with van der Waals surface area (Å²) in [6.45, 7) is 30.7. The summed E-state index contributed by atoms with van der Waals surface area (Å²) >= 11 is 0. The number of ether oxygens (including phenoxy) is 1. The van der Waals surface area contributed by atoms with E-state index in [1.807, 2.05) is 97.1 Å². The van der Waals surface area contributed by atoms with Gasteiger partial charge in [0.15, 0.2) is 0 Å². The summed E-state index contributed by atoms with van der Waals surface area (Å²) < 4.78 is 51.4. The van der Waals surface area contributed by atoms with Crippen molar-refractivity contribution in [1.82, 2.24) is 0 Å². The monoisotopic (exact) mass is 1090 g/mol. The normalized spacial score (nSPS) is 12.4. The number of rotatable bonds is 14. The van der Waals surface area contributed by atoms with Crippen molar-refractivity contribution in [1.29, 1.82) is 0 Å². The topological polar surface area (TPSA) is 64.6 Å². The number of benzene rings is 10. The van der Waals surface area contributed by atoms with Gasteiger partial charge in [-0.3, -0.25) is 0 Å². The van der Waals surface area contributed by atoms with Crippen LogP contribution >= 0.6 is 17.2 Å². The van der Waals surface area contributed by atoms with Crippen LogP contribution in [-0.4, -0.2) is 5.60 Å². The lowest BCUT2D eigenvalue weighted by Gasteiger charge is -2.35. The van der Waals surface area contributed by atoms with Crippen molar-refractivity contribution in [2.75, 3.05) is 0 Å². The van der Waals surface area contributed by atoms with Crippen LogP contribution in [0.15, 0.2) is 182 Å². The molecule has 0 aromatic heterocycles. The Morgan fingerprint density at radius 2 is 0.582 bits per heavy atom. The maximum absolute atomic E-state index is 7.75. The molecule has 79 heavy (non-hydrogen) atoms. The molecule has 0 fully saturated rings. The van der Waals surface area contributed by atoms with Gasteiger partial charge in [0.05, 0.1) is 0 Å². The number of hydrogen-bond acceptors (Lipinski definition) is 7. The van der Waals surface area contributed by atoms with Gasteiger partial charge in [-0.25, -0.2) is 0 Å². The second kappa shape index (κ2) is 21.7. The van der Waals surface area contributed by atoms with Gasteiger partial charge >= 0.3 is 17.2 Å². The average molecular weight is 1090 g/mol. The molecule has 0 spiro atoms. The van der Waals surface area contributed by atoms with Crippen molar-refractivity contribution in [3.05, 3.63) is 210 Å². The van der Waals surface area contributed by atoms with Crippen LogP contribution in [0.1, 0.15) is 111 Å². The van der Waals surface area contributed by atoms with Gasteiger partial charge in [-0.15, -0.1) is 0 Å². The molecule has 0 N–H and O–H groups in total. The van der Waals surface area contributed by atoms with Crippen molar-refractivity contribution in [2.45, 2.75) is 119 Å². The zero-order valence-corrected chi connectivity index (χ0v) is 49.9. The molecule has 9 heteroatoms. The van der Waals surface area contributed by atoms with Gasteiger partial charge in [0.1, 0.15) is 45.8 Å². The molecule has 0 aliphatic heterocycles. The molecular weight excluding hydrogens is 1010 g/mol. The first kappa shape index (κ1) is 55.0. The van der Waals surface area contributed by atoms with Crippen LogP contribution in [0.2, 0.25) is 0 Å². The Morgan fingerprint density at radius 1 is 0.291 bits per heavy atom. The van der Waals surface area contributed by atoms with E-state index in [2.05, 4.69) is 182 Å². The summed E-state index contributed by atoms with van der Waals surface area (Å²) in [5.74, 6) is 4.48. The largest absolute Gasteiger partial charge is 0.530 e. The maximum atomic E-state index is 7.75. The molecule has 0 amide bonds. The van der Waals surface area contributed by atoms with E-state index in [9.17, 15) is 0 Å². The molecule has 0 radical (unpaired) electrons. The lowest BCUT2D eigenvalue weighted by molar-refractivity contribution is 0.129. The van der Waals surface area contributed by atoms with Crippen LogP contribution in [0.3, 0.4) is 0 Å². The highest BCUT2D eigenvalue weighted by atomic mass is 31.2. The minimum absolute atomic E-state index is 0.316. The number of hydrogen-bond donors (Lipinski definition) is 0. The molecule has 0 aliphatic carbocycles. The predicted octanol–water partition coefficient (Wildman–Crippen LogP) is 21.2. The standard InChI is InChI=1S/C70H72O7P2/c1-45-55(67(3,4)5)43-56(68(6,7)8)65(76-78(72-58-39-23-31-47-27-15-19-35-51(47)58)73-59-40-24-32-48-28-16-20-36-52(48)59)63(45)64-46(2)62(71-70(12,13)14)44-57(69(9,10)11)66(64)77-79(74-60-41-25-33-49-29-17-21-37-53(49)60)75-61-42-26-34-50-30-18-22-38-54(50)61/h15-44H,1-14H3. The van der Waals surface area contributed by atoms with E-state index in [0.717, 1.165) is 87.8 Å². The molecule has 404 valence electrons. The van der Waals surface area contributed by atoms with E-state index in [1.54, 1.807) is 0 Å². The van der Waals surface area contributed by atoms with Gasteiger partial charge in [0, 0.05) is 49.4 Å². The summed E-state index contributed by atoms with van der Waals surface area (Å²) in [7, 11) is -4.55. The summed E-state index contributed by atoms with van der Waals surface area (Å²) in [5.41, 5.74) is 4.64. The lowest BCUT2D eigenvalue weighted by Crippen LogP contribution is -2.25. The van der Waals surface area contributed by atoms with Crippen LogP contribution in [0.25, 0.3) is 54.2 Å². The van der Waals surface area contributed by atoms with Gasteiger partial charge in [-0.2, -0.15) is 0 Å². The highest BCUT2D eigenvalue weighted by Crippen LogP contribution is 2.59. The average Bonchev–Trinajstić information content (AvgIpc) is 3.60. The highest BCUT2D eigenvalue weighted by molar-refractivity contribution is 7.43. The SMILES string of the molecule is Cc1c(OC(C)(C)C)cc(C(C)(C)C)c(OP(Oc2cccc3ccccc23)Oc2cccc3ccccc23)c1-c1c(C)c(C(C)(C)C)cc(C(C)(C)C)c1OP(Oc1cccc2ccccc12)Oc1cccc2ccccc12. The zero-order valence-electron chi connectivity index (χ0n) is 48.1. The fraction of sp³-hybridized carbons (Fsp3) is 0.257. The molecular formula is C70H72O7P2. The van der Waals surface area contributed by atoms with Crippen molar-refractivity contribution in [2.24, 2.45) is 0 Å². The third-order valence-corrected chi connectivity index (χ3v) is 16.2.